The first-order chi connectivity index (χ1) is 12.1. The van der Waals surface area contributed by atoms with Crippen LogP contribution in [0.4, 0.5) is 4.79 Å². The Hall–Kier alpha value is -2.08. The second kappa shape index (κ2) is 7.87. The molecule has 1 aliphatic carbocycles. The Morgan fingerprint density at radius 2 is 1.64 bits per heavy atom. The van der Waals surface area contributed by atoms with E-state index in [-0.39, 0.29) is 12.7 Å². The third-order valence-electron chi connectivity index (χ3n) is 5.43. The Bertz CT molecular complexity index is 591. The molecule has 0 atom stereocenters. The normalized spacial score (nSPS) is 20.9. The van der Waals surface area contributed by atoms with Gasteiger partial charge in [0.25, 0.3) is 0 Å². The lowest BCUT2D eigenvalue weighted by molar-refractivity contribution is -0.155. The highest BCUT2D eigenvalue weighted by atomic mass is 16.6. The molecule has 6 nitrogen and oxygen atoms in total. The molecule has 1 heterocycles. The summed E-state index contributed by atoms with van der Waals surface area (Å²) >= 11 is 0. The molecule has 0 radical (unpaired) electrons. The average Bonchev–Trinajstić information content (AvgIpc) is 2.67. The lowest BCUT2D eigenvalue weighted by atomic mass is 9.80. The van der Waals surface area contributed by atoms with Gasteiger partial charge in [0.2, 0.25) is 0 Å². The van der Waals surface area contributed by atoms with E-state index >= 15 is 0 Å². The van der Waals surface area contributed by atoms with Crippen LogP contribution < -0.4 is 0 Å². The zero-order valence-electron chi connectivity index (χ0n) is 14.5. The van der Waals surface area contributed by atoms with Gasteiger partial charge >= 0.3 is 12.1 Å². The van der Waals surface area contributed by atoms with Gasteiger partial charge in [0.05, 0.1) is 0 Å². The molecule has 1 aromatic rings. The SMILES string of the molecule is O=C(OCc1ccccc1)N1CCN(C2(C(=O)O)CCCCC2)CC1. The van der Waals surface area contributed by atoms with Crippen molar-refractivity contribution in [3.63, 3.8) is 0 Å². The van der Waals surface area contributed by atoms with Crippen molar-refractivity contribution in [1.29, 1.82) is 0 Å². The molecule has 0 spiro atoms. The molecular formula is C19H26N2O4. The monoisotopic (exact) mass is 346 g/mol. The number of aliphatic carboxylic acids is 1. The molecule has 25 heavy (non-hydrogen) atoms. The van der Waals surface area contributed by atoms with Gasteiger partial charge in [-0.3, -0.25) is 9.69 Å². The molecule has 0 aromatic heterocycles. The maximum absolute atomic E-state index is 12.2. The van der Waals surface area contributed by atoms with E-state index in [1.807, 2.05) is 30.3 Å². The van der Waals surface area contributed by atoms with Gasteiger partial charge in [-0.15, -0.1) is 0 Å². The van der Waals surface area contributed by atoms with Crippen molar-refractivity contribution in [1.82, 2.24) is 9.80 Å². The maximum atomic E-state index is 12.2. The molecule has 1 N–H and O–H groups in total. The highest BCUT2D eigenvalue weighted by molar-refractivity contribution is 5.79. The van der Waals surface area contributed by atoms with Gasteiger partial charge < -0.3 is 14.7 Å². The van der Waals surface area contributed by atoms with Crippen molar-refractivity contribution < 1.29 is 19.4 Å². The predicted octanol–water partition coefficient (Wildman–Crippen LogP) is 2.73. The number of nitrogens with zero attached hydrogens (tertiary/aromatic N) is 2. The van der Waals surface area contributed by atoms with Crippen molar-refractivity contribution in [2.75, 3.05) is 26.2 Å². The molecule has 0 bridgehead atoms. The van der Waals surface area contributed by atoms with Crippen LogP contribution in [0, 0.1) is 0 Å². The summed E-state index contributed by atoms with van der Waals surface area (Å²) < 4.78 is 5.37. The van der Waals surface area contributed by atoms with E-state index in [0.717, 1.165) is 24.8 Å². The Morgan fingerprint density at radius 1 is 1.00 bits per heavy atom. The lowest BCUT2D eigenvalue weighted by Gasteiger charge is -2.46. The van der Waals surface area contributed by atoms with Crippen LogP contribution >= 0.6 is 0 Å². The molecule has 0 unspecified atom stereocenters. The first-order valence-electron chi connectivity index (χ1n) is 9.06. The van der Waals surface area contributed by atoms with E-state index in [4.69, 9.17) is 4.74 Å². The lowest BCUT2D eigenvalue weighted by Crippen LogP contribution is -2.62. The number of carboxylic acids is 1. The van der Waals surface area contributed by atoms with Gasteiger partial charge in [0.15, 0.2) is 0 Å². The summed E-state index contributed by atoms with van der Waals surface area (Å²) in [5, 5.41) is 9.78. The van der Waals surface area contributed by atoms with E-state index in [2.05, 4.69) is 4.90 Å². The van der Waals surface area contributed by atoms with Crippen molar-refractivity contribution in [3.8, 4) is 0 Å². The van der Waals surface area contributed by atoms with Crippen molar-refractivity contribution >= 4 is 12.1 Å². The van der Waals surface area contributed by atoms with Gasteiger partial charge in [0.1, 0.15) is 12.1 Å². The Kier molecular flexibility index (Phi) is 5.58. The quantitative estimate of drug-likeness (QED) is 0.908. The first-order valence-corrected chi connectivity index (χ1v) is 9.06. The third kappa shape index (κ3) is 3.95. The topological polar surface area (TPSA) is 70.1 Å². The number of hydrogen-bond acceptors (Lipinski definition) is 4. The smallest absolute Gasteiger partial charge is 0.410 e. The number of benzene rings is 1. The number of rotatable bonds is 4. The van der Waals surface area contributed by atoms with Gasteiger partial charge in [-0.1, -0.05) is 49.6 Å². The molecular weight excluding hydrogens is 320 g/mol. The molecule has 6 heteroatoms. The Balaban J connectivity index is 1.52. The van der Waals surface area contributed by atoms with Crippen LogP contribution in [0.2, 0.25) is 0 Å². The molecule has 1 amide bonds. The molecule has 2 fully saturated rings. The molecule has 1 aromatic carbocycles. The van der Waals surface area contributed by atoms with Crippen LogP contribution in [-0.4, -0.2) is 58.7 Å². The van der Waals surface area contributed by atoms with E-state index in [9.17, 15) is 14.7 Å². The summed E-state index contributed by atoms with van der Waals surface area (Å²) in [5.41, 5.74) is 0.222. The Labute approximate surface area is 148 Å². The van der Waals surface area contributed by atoms with Gasteiger partial charge in [-0.2, -0.15) is 0 Å². The zero-order chi connectivity index (χ0) is 17.7. The number of hydrogen-bond donors (Lipinski definition) is 1. The highest BCUT2D eigenvalue weighted by Crippen LogP contribution is 2.34. The molecule has 1 saturated heterocycles. The number of carboxylic acid groups (broad SMARTS) is 1. The summed E-state index contributed by atoms with van der Waals surface area (Å²) in [6, 6.07) is 9.60. The van der Waals surface area contributed by atoms with Crippen LogP contribution in [0.15, 0.2) is 30.3 Å². The summed E-state index contributed by atoms with van der Waals surface area (Å²) in [4.78, 5) is 27.9. The zero-order valence-corrected chi connectivity index (χ0v) is 14.5. The van der Waals surface area contributed by atoms with Crippen molar-refractivity contribution in [2.45, 2.75) is 44.2 Å². The van der Waals surface area contributed by atoms with E-state index < -0.39 is 11.5 Å². The first kappa shape index (κ1) is 17.7. The van der Waals surface area contributed by atoms with Crippen LogP contribution in [-0.2, 0) is 16.1 Å². The largest absolute Gasteiger partial charge is 0.480 e. The average molecular weight is 346 g/mol. The van der Waals surface area contributed by atoms with Gasteiger partial charge in [0, 0.05) is 26.2 Å². The van der Waals surface area contributed by atoms with Crippen LogP contribution in [0.3, 0.4) is 0 Å². The van der Waals surface area contributed by atoms with Crippen LogP contribution in [0.25, 0.3) is 0 Å². The van der Waals surface area contributed by atoms with Gasteiger partial charge in [-0.05, 0) is 18.4 Å². The predicted molar refractivity (Wildman–Crippen MR) is 93.2 cm³/mol. The van der Waals surface area contributed by atoms with Crippen LogP contribution in [0.5, 0.6) is 0 Å². The standard InChI is InChI=1S/C19H26N2O4/c22-17(23)19(9-5-2-6-10-19)21-13-11-20(12-14-21)18(24)25-15-16-7-3-1-4-8-16/h1,3-4,7-8H,2,5-6,9-15H2,(H,22,23). The fraction of sp³-hybridized carbons (Fsp3) is 0.579. The number of amides is 1. The second-order valence-electron chi connectivity index (χ2n) is 6.91. The van der Waals surface area contributed by atoms with E-state index in [1.54, 1.807) is 4.90 Å². The fourth-order valence-corrected chi connectivity index (χ4v) is 3.93. The van der Waals surface area contributed by atoms with E-state index in [1.165, 1.54) is 0 Å². The molecule has 1 aliphatic heterocycles. The third-order valence-corrected chi connectivity index (χ3v) is 5.43. The summed E-state index contributed by atoms with van der Waals surface area (Å²) in [5.74, 6) is -0.715. The van der Waals surface area contributed by atoms with Crippen LogP contribution in [0.1, 0.15) is 37.7 Å². The number of ether oxygens (including phenoxy) is 1. The summed E-state index contributed by atoms with van der Waals surface area (Å²) in [6.45, 7) is 2.48. The fourth-order valence-electron chi connectivity index (χ4n) is 3.93. The number of piperazine rings is 1. The minimum Gasteiger partial charge on any atom is -0.480 e. The molecule has 1 saturated carbocycles. The van der Waals surface area contributed by atoms with Gasteiger partial charge in [-0.25, -0.2) is 4.79 Å². The Morgan fingerprint density at radius 3 is 2.24 bits per heavy atom. The minimum absolute atomic E-state index is 0.263. The second-order valence-corrected chi connectivity index (χ2v) is 6.91. The van der Waals surface area contributed by atoms with E-state index in [0.29, 0.717) is 39.0 Å². The van der Waals surface area contributed by atoms with Crippen molar-refractivity contribution in [2.24, 2.45) is 0 Å². The summed E-state index contributed by atoms with van der Waals surface area (Å²) in [7, 11) is 0. The number of carbonyl (C=O) groups is 2. The maximum Gasteiger partial charge on any atom is 0.410 e. The number of carbonyl (C=O) groups excluding carboxylic acids is 1. The molecule has 136 valence electrons. The van der Waals surface area contributed by atoms with Crippen molar-refractivity contribution in [3.05, 3.63) is 35.9 Å². The summed E-state index contributed by atoms with van der Waals surface area (Å²) in [6.07, 6.45) is 4.14. The molecule has 2 aliphatic rings. The molecule has 3 rings (SSSR count). The minimum atomic E-state index is -0.738. The highest BCUT2D eigenvalue weighted by Gasteiger charge is 2.46.